The zero-order chi connectivity index (χ0) is 11.1. The Balaban J connectivity index is 2.09. The summed E-state index contributed by atoms with van der Waals surface area (Å²) >= 11 is 0. The van der Waals surface area contributed by atoms with Crippen LogP contribution in [0.4, 0.5) is 0 Å². The van der Waals surface area contributed by atoms with Crippen molar-refractivity contribution in [3.05, 3.63) is 48.6 Å². The van der Waals surface area contributed by atoms with Crippen molar-refractivity contribution in [1.29, 1.82) is 0 Å². The van der Waals surface area contributed by atoms with Crippen LogP contribution in [0.3, 0.4) is 0 Å². The number of hydrogen-bond donors (Lipinski definition) is 0. The van der Waals surface area contributed by atoms with E-state index in [0.29, 0.717) is 24.2 Å². The smallest absolute Gasteiger partial charge is 0.0476 e. The molecule has 1 saturated heterocycles. The van der Waals surface area contributed by atoms with E-state index in [2.05, 4.69) is 72.5 Å². The molecule has 0 amide bonds. The van der Waals surface area contributed by atoms with Crippen molar-refractivity contribution in [1.82, 2.24) is 9.80 Å². The molecule has 2 heteroatoms. The molecule has 1 fully saturated rings. The molecule has 4 atom stereocenters. The summed E-state index contributed by atoms with van der Waals surface area (Å²) in [6, 6.07) is 1.93. The van der Waals surface area contributed by atoms with Crippen LogP contribution in [0.2, 0.25) is 0 Å². The number of hydrogen-bond acceptors (Lipinski definition) is 2. The summed E-state index contributed by atoms with van der Waals surface area (Å²) in [4.78, 5) is 4.96. The van der Waals surface area contributed by atoms with Crippen LogP contribution in [-0.4, -0.2) is 48.1 Å². The molecule has 2 nitrogen and oxygen atoms in total. The van der Waals surface area contributed by atoms with Gasteiger partial charge in [-0.15, -0.1) is 0 Å². The third kappa shape index (κ3) is 1.34. The number of fused-ring (bicyclic) bond motifs is 6. The molecule has 84 valence electrons. The van der Waals surface area contributed by atoms with Crippen molar-refractivity contribution in [3.63, 3.8) is 0 Å². The summed E-state index contributed by atoms with van der Waals surface area (Å²) in [5.74, 6) is 0. The van der Waals surface area contributed by atoms with Crippen LogP contribution >= 0.6 is 0 Å². The molecule has 0 aromatic rings. The van der Waals surface area contributed by atoms with Gasteiger partial charge in [-0.2, -0.15) is 0 Å². The molecular weight excluding hydrogens is 196 g/mol. The second-order valence-electron chi connectivity index (χ2n) is 4.83. The number of rotatable bonds is 0. The number of nitrogens with zero attached hydrogens (tertiary/aromatic N) is 2. The summed E-state index contributed by atoms with van der Waals surface area (Å²) in [6.07, 6.45) is 18.0. The average Bonchev–Trinajstić information content (AvgIpc) is 2.48. The van der Waals surface area contributed by atoms with Gasteiger partial charge in [0, 0.05) is 24.2 Å². The van der Waals surface area contributed by atoms with Gasteiger partial charge >= 0.3 is 0 Å². The maximum atomic E-state index is 2.48. The molecule has 3 heterocycles. The zero-order valence-corrected chi connectivity index (χ0v) is 9.82. The minimum atomic E-state index is 0.484. The fourth-order valence-corrected chi connectivity index (χ4v) is 3.07. The molecule has 0 aromatic heterocycles. The zero-order valence-electron chi connectivity index (χ0n) is 9.82. The van der Waals surface area contributed by atoms with Crippen molar-refractivity contribution in [2.75, 3.05) is 14.1 Å². The molecule has 4 bridgehead atoms. The number of piperazine rings is 1. The van der Waals surface area contributed by atoms with Crippen molar-refractivity contribution < 1.29 is 0 Å². The lowest BCUT2D eigenvalue weighted by atomic mass is 9.93. The fourth-order valence-electron chi connectivity index (χ4n) is 3.07. The van der Waals surface area contributed by atoms with E-state index in [1.165, 1.54) is 0 Å². The second kappa shape index (κ2) is 3.72. The van der Waals surface area contributed by atoms with E-state index >= 15 is 0 Å². The normalized spacial score (nSPS) is 42.1. The monoisotopic (exact) mass is 214 g/mol. The van der Waals surface area contributed by atoms with Crippen LogP contribution in [0.5, 0.6) is 0 Å². The Morgan fingerprint density at radius 2 is 0.812 bits per heavy atom. The highest BCUT2D eigenvalue weighted by atomic mass is 15.3. The molecular formula is C14H18N2. The predicted octanol–water partition coefficient (Wildman–Crippen LogP) is 1.59. The highest BCUT2D eigenvalue weighted by Gasteiger charge is 2.41. The lowest BCUT2D eigenvalue weighted by molar-refractivity contribution is 0.0392. The highest BCUT2D eigenvalue weighted by Crippen LogP contribution is 2.30. The SMILES string of the molecule is CN1[C@H]2C=CC=C[C@H]1[C@@H]1C=CC=C[C@@H]2N1C. The first-order valence-corrected chi connectivity index (χ1v) is 5.93. The summed E-state index contributed by atoms with van der Waals surface area (Å²) < 4.78 is 0. The van der Waals surface area contributed by atoms with Gasteiger partial charge in [-0.3, -0.25) is 9.80 Å². The van der Waals surface area contributed by atoms with Gasteiger partial charge in [0.15, 0.2) is 0 Å². The van der Waals surface area contributed by atoms with E-state index in [0.717, 1.165) is 0 Å². The Bertz CT molecular complexity index is 318. The molecule has 0 N–H and O–H groups in total. The molecule has 0 saturated carbocycles. The van der Waals surface area contributed by atoms with E-state index in [-0.39, 0.29) is 0 Å². The molecule has 0 unspecified atom stereocenters. The minimum absolute atomic E-state index is 0.484. The lowest BCUT2D eigenvalue weighted by Gasteiger charge is -2.50. The van der Waals surface area contributed by atoms with Crippen LogP contribution in [0, 0.1) is 0 Å². The summed E-state index contributed by atoms with van der Waals surface area (Å²) in [7, 11) is 4.46. The van der Waals surface area contributed by atoms with Gasteiger partial charge in [0.2, 0.25) is 0 Å². The standard InChI is InChI=1S/C14H18N2/c1-15-11-7-3-4-8-12(15)14-10-6-5-9-13(11)16(14)2/h3-14H,1-2H3/t11-,12-,13-,14-/m0/s1. The highest BCUT2D eigenvalue weighted by molar-refractivity contribution is 5.29. The number of allylic oxidation sites excluding steroid dienone is 4. The summed E-state index contributed by atoms with van der Waals surface area (Å²) in [6.45, 7) is 0. The van der Waals surface area contributed by atoms with E-state index in [4.69, 9.17) is 0 Å². The fraction of sp³-hybridized carbons (Fsp3) is 0.429. The first-order chi connectivity index (χ1) is 7.79. The molecule has 3 aliphatic heterocycles. The van der Waals surface area contributed by atoms with Crippen LogP contribution in [-0.2, 0) is 0 Å². The van der Waals surface area contributed by atoms with Crippen LogP contribution < -0.4 is 0 Å². The van der Waals surface area contributed by atoms with E-state index in [9.17, 15) is 0 Å². The van der Waals surface area contributed by atoms with E-state index < -0.39 is 0 Å². The number of likely N-dealkylation sites (N-methyl/N-ethyl adjacent to an activating group) is 2. The van der Waals surface area contributed by atoms with Gasteiger partial charge in [-0.05, 0) is 14.1 Å². The second-order valence-corrected chi connectivity index (χ2v) is 4.83. The Hall–Kier alpha value is -1.12. The van der Waals surface area contributed by atoms with Gasteiger partial charge in [-0.25, -0.2) is 0 Å². The molecule has 3 rings (SSSR count). The Labute approximate surface area is 97.2 Å². The molecule has 3 aliphatic rings. The van der Waals surface area contributed by atoms with Crippen LogP contribution in [0.25, 0.3) is 0 Å². The Kier molecular flexibility index (Phi) is 2.34. The van der Waals surface area contributed by atoms with Gasteiger partial charge in [0.1, 0.15) is 0 Å². The third-order valence-corrected chi connectivity index (χ3v) is 4.04. The van der Waals surface area contributed by atoms with Gasteiger partial charge in [0.25, 0.3) is 0 Å². The largest absolute Gasteiger partial charge is 0.290 e. The maximum Gasteiger partial charge on any atom is 0.0476 e. The minimum Gasteiger partial charge on any atom is -0.290 e. The average molecular weight is 214 g/mol. The lowest BCUT2D eigenvalue weighted by Crippen LogP contribution is -2.63. The van der Waals surface area contributed by atoms with Gasteiger partial charge in [0.05, 0.1) is 0 Å². The third-order valence-electron chi connectivity index (χ3n) is 4.04. The molecule has 0 radical (unpaired) electrons. The molecule has 16 heavy (non-hydrogen) atoms. The topological polar surface area (TPSA) is 6.48 Å². The van der Waals surface area contributed by atoms with Crippen molar-refractivity contribution in [2.24, 2.45) is 0 Å². The van der Waals surface area contributed by atoms with Crippen molar-refractivity contribution in [3.8, 4) is 0 Å². The summed E-state index contributed by atoms with van der Waals surface area (Å²) in [5.41, 5.74) is 0. The predicted molar refractivity (Wildman–Crippen MR) is 67.2 cm³/mol. The van der Waals surface area contributed by atoms with Crippen LogP contribution in [0.15, 0.2) is 48.6 Å². The first kappa shape index (κ1) is 10.1. The maximum absolute atomic E-state index is 2.48. The molecule has 0 aliphatic carbocycles. The van der Waals surface area contributed by atoms with Crippen molar-refractivity contribution in [2.45, 2.75) is 24.2 Å². The molecule has 0 aromatic carbocycles. The first-order valence-electron chi connectivity index (χ1n) is 5.93. The van der Waals surface area contributed by atoms with Crippen LogP contribution in [0.1, 0.15) is 0 Å². The Morgan fingerprint density at radius 1 is 0.562 bits per heavy atom. The van der Waals surface area contributed by atoms with E-state index in [1.807, 2.05) is 0 Å². The molecule has 0 spiro atoms. The van der Waals surface area contributed by atoms with Gasteiger partial charge < -0.3 is 0 Å². The van der Waals surface area contributed by atoms with E-state index in [1.54, 1.807) is 0 Å². The quantitative estimate of drug-likeness (QED) is 0.604. The van der Waals surface area contributed by atoms with Gasteiger partial charge in [-0.1, -0.05) is 48.6 Å². The van der Waals surface area contributed by atoms with Crippen molar-refractivity contribution >= 4 is 0 Å². The Morgan fingerprint density at radius 3 is 1.06 bits per heavy atom. The summed E-state index contributed by atoms with van der Waals surface area (Å²) in [5, 5.41) is 0.